The van der Waals surface area contributed by atoms with Crippen molar-refractivity contribution in [2.24, 2.45) is 0 Å². The van der Waals surface area contributed by atoms with Gasteiger partial charge in [0.1, 0.15) is 6.61 Å². The Morgan fingerprint density at radius 3 is 2.66 bits per heavy atom. The number of amides is 1. The van der Waals surface area contributed by atoms with Crippen LogP contribution in [0.1, 0.15) is 21.5 Å². The van der Waals surface area contributed by atoms with Gasteiger partial charge in [-0.2, -0.15) is 0 Å². The van der Waals surface area contributed by atoms with Gasteiger partial charge in [-0.1, -0.05) is 24.3 Å². The van der Waals surface area contributed by atoms with E-state index in [0.29, 0.717) is 12.4 Å². The predicted octanol–water partition coefficient (Wildman–Crippen LogP) is 4.14. The number of ether oxygens (including phenoxy) is 2. The molecule has 0 bridgehead atoms. The minimum atomic E-state index is -0.604. The maximum absolute atomic E-state index is 12.6. The summed E-state index contributed by atoms with van der Waals surface area (Å²) in [6.07, 6.45) is 1.52. The standard InChI is InChI=1S/C21H19N3O5/c1-14-6-3-4-7-16(14)13-29-19-8-5-11-22-20(19)23-21(25)15-9-10-18(28-2)17(12-15)24(26)27/h3-12H,13H2,1-2H3,(H,22,23,25). The average Bonchev–Trinajstić information content (AvgIpc) is 2.73. The van der Waals surface area contributed by atoms with Gasteiger partial charge in [0.2, 0.25) is 0 Å². The number of nitro groups is 1. The Kier molecular flexibility index (Phi) is 6.03. The highest BCUT2D eigenvalue weighted by Crippen LogP contribution is 2.29. The molecule has 8 heteroatoms. The van der Waals surface area contributed by atoms with E-state index < -0.39 is 10.8 Å². The van der Waals surface area contributed by atoms with Crippen molar-refractivity contribution in [3.63, 3.8) is 0 Å². The summed E-state index contributed by atoms with van der Waals surface area (Å²) in [6.45, 7) is 2.30. The largest absolute Gasteiger partial charge is 0.490 e. The van der Waals surface area contributed by atoms with Crippen molar-refractivity contribution >= 4 is 17.4 Å². The van der Waals surface area contributed by atoms with E-state index in [1.54, 1.807) is 12.1 Å². The zero-order valence-corrected chi connectivity index (χ0v) is 15.9. The number of hydrogen-bond donors (Lipinski definition) is 1. The van der Waals surface area contributed by atoms with Crippen LogP contribution in [0.4, 0.5) is 11.5 Å². The van der Waals surface area contributed by atoms with E-state index in [1.807, 2.05) is 31.2 Å². The maximum Gasteiger partial charge on any atom is 0.311 e. The lowest BCUT2D eigenvalue weighted by Gasteiger charge is -2.13. The summed E-state index contributed by atoms with van der Waals surface area (Å²) in [5.74, 6) is 0.151. The third-order valence-corrected chi connectivity index (χ3v) is 4.28. The highest BCUT2D eigenvalue weighted by molar-refractivity contribution is 6.05. The molecule has 0 aliphatic rings. The maximum atomic E-state index is 12.6. The molecule has 8 nitrogen and oxygen atoms in total. The first kappa shape index (κ1) is 19.8. The predicted molar refractivity (Wildman–Crippen MR) is 107 cm³/mol. The van der Waals surface area contributed by atoms with E-state index in [0.717, 1.165) is 17.2 Å². The topological polar surface area (TPSA) is 104 Å². The van der Waals surface area contributed by atoms with Crippen molar-refractivity contribution < 1.29 is 19.2 Å². The monoisotopic (exact) mass is 393 g/mol. The van der Waals surface area contributed by atoms with Gasteiger partial charge >= 0.3 is 5.69 Å². The van der Waals surface area contributed by atoms with E-state index in [1.165, 1.54) is 25.4 Å². The van der Waals surface area contributed by atoms with E-state index in [-0.39, 0.29) is 22.8 Å². The number of anilines is 1. The number of pyridine rings is 1. The van der Waals surface area contributed by atoms with Gasteiger partial charge in [-0.3, -0.25) is 14.9 Å². The van der Waals surface area contributed by atoms with Gasteiger partial charge < -0.3 is 14.8 Å². The summed E-state index contributed by atoms with van der Waals surface area (Å²) < 4.78 is 10.8. The Hall–Kier alpha value is -3.94. The zero-order chi connectivity index (χ0) is 20.8. The van der Waals surface area contributed by atoms with Crippen LogP contribution in [-0.4, -0.2) is 22.9 Å². The molecule has 1 heterocycles. The van der Waals surface area contributed by atoms with Crippen LogP contribution in [-0.2, 0) is 6.61 Å². The van der Waals surface area contributed by atoms with E-state index in [9.17, 15) is 14.9 Å². The summed E-state index contributed by atoms with van der Waals surface area (Å²) >= 11 is 0. The third kappa shape index (κ3) is 4.67. The SMILES string of the molecule is COc1ccc(C(=O)Nc2ncccc2OCc2ccccc2C)cc1[N+](=O)[O-]. The first-order valence-electron chi connectivity index (χ1n) is 8.75. The van der Waals surface area contributed by atoms with Crippen LogP contribution in [0.3, 0.4) is 0 Å². The van der Waals surface area contributed by atoms with Gasteiger partial charge in [0.05, 0.1) is 12.0 Å². The minimum Gasteiger partial charge on any atom is -0.490 e. The second-order valence-corrected chi connectivity index (χ2v) is 6.16. The van der Waals surface area contributed by atoms with Crippen LogP contribution in [0.25, 0.3) is 0 Å². The number of nitro benzene ring substituents is 1. The van der Waals surface area contributed by atoms with Gasteiger partial charge in [-0.15, -0.1) is 0 Å². The Bertz CT molecular complexity index is 1050. The minimum absolute atomic E-state index is 0.0756. The molecule has 0 radical (unpaired) electrons. The van der Waals surface area contributed by atoms with Gasteiger partial charge in [0, 0.05) is 17.8 Å². The third-order valence-electron chi connectivity index (χ3n) is 4.28. The average molecular weight is 393 g/mol. The van der Waals surface area contributed by atoms with Crippen molar-refractivity contribution in [3.8, 4) is 11.5 Å². The molecule has 0 saturated heterocycles. The number of aryl methyl sites for hydroxylation is 1. The lowest BCUT2D eigenvalue weighted by atomic mass is 10.1. The van der Waals surface area contributed by atoms with Crippen molar-refractivity contribution in [2.45, 2.75) is 13.5 Å². The van der Waals surface area contributed by atoms with Gasteiger partial charge in [-0.05, 0) is 42.3 Å². The Morgan fingerprint density at radius 2 is 1.93 bits per heavy atom. The molecule has 0 unspecified atom stereocenters. The highest BCUT2D eigenvalue weighted by Gasteiger charge is 2.19. The molecular formula is C21H19N3O5. The second kappa shape index (κ2) is 8.83. The number of nitrogens with zero attached hydrogens (tertiary/aromatic N) is 2. The van der Waals surface area contributed by atoms with Crippen LogP contribution in [0, 0.1) is 17.0 Å². The van der Waals surface area contributed by atoms with Crippen LogP contribution in [0.2, 0.25) is 0 Å². The number of nitrogens with one attached hydrogen (secondary N) is 1. The number of hydrogen-bond acceptors (Lipinski definition) is 6. The van der Waals surface area contributed by atoms with E-state index in [4.69, 9.17) is 9.47 Å². The van der Waals surface area contributed by atoms with Crippen LogP contribution in [0.15, 0.2) is 60.8 Å². The Labute approximate surface area is 167 Å². The molecule has 1 N–H and O–H groups in total. The molecule has 0 fully saturated rings. The molecule has 1 amide bonds. The molecule has 3 aromatic rings. The Morgan fingerprint density at radius 1 is 1.14 bits per heavy atom. The van der Waals surface area contributed by atoms with E-state index in [2.05, 4.69) is 10.3 Å². The first-order chi connectivity index (χ1) is 14.0. The van der Waals surface area contributed by atoms with Gasteiger partial charge in [0.25, 0.3) is 5.91 Å². The number of aromatic nitrogens is 1. The van der Waals surface area contributed by atoms with Crippen LogP contribution in [0.5, 0.6) is 11.5 Å². The normalized spacial score (nSPS) is 10.3. The number of rotatable bonds is 7. The lowest BCUT2D eigenvalue weighted by Crippen LogP contribution is -2.14. The van der Waals surface area contributed by atoms with Crippen LogP contribution < -0.4 is 14.8 Å². The summed E-state index contributed by atoms with van der Waals surface area (Å²) in [6, 6.07) is 15.2. The van der Waals surface area contributed by atoms with Crippen molar-refractivity contribution in [1.82, 2.24) is 4.98 Å². The molecule has 2 aromatic carbocycles. The molecule has 0 aliphatic carbocycles. The number of methoxy groups -OCH3 is 1. The molecule has 0 atom stereocenters. The molecular weight excluding hydrogens is 374 g/mol. The van der Waals surface area contributed by atoms with Crippen molar-refractivity contribution in [1.29, 1.82) is 0 Å². The summed E-state index contributed by atoms with van der Waals surface area (Å²) in [4.78, 5) is 27.3. The van der Waals surface area contributed by atoms with Gasteiger partial charge in [0.15, 0.2) is 17.3 Å². The molecule has 0 spiro atoms. The molecule has 1 aromatic heterocycles. The fraction of sp³-hybridized carbons (Fsp3) is 0.143. The summed E-state index contributed by atoms with van der Waals surface area (Å²) in [5, 5.41) is 13.8. The van der Waals surface area contributed by atoms with Crippen LogP contribution >= 0.6 is 0 Å². The highest BCUT2D eigenvalue weighted by atomic mass is 16.6. The first-order valence-corrected chi connectivity index (χ1v) is 8.75. The fourth-order valence-corrected chi connectivity index (χ4v) is 2.68. The summed E-state index contributed by atoms with van der Waals surface area (Å²) in [5.41, 5.74) is 1.91. The number of carbonyl (C=O) groups excluding carboxylic acids is 1. The molecule has 0 saturated carbocycles. The number of benzene rings is 2. The second-order valence-electron chi connectivity index (χ2n) is 6.16. The number of carbonyl (C=O) groups is 1. The van der Waals surface area contributed by atoms with E-state index >= 15 is 0 Å². The fourth-order valence-electron chi connectivity index (χ4n) is 2.68. The Balaban J connectivity index is 1.78. The van der Waals surface area contributed by atoms with Crippen molar-refractivity contribution in [3.05, 3.63) is 87.6 Å². The lowest BCUT2D eigenvalue weighted by molar-refractivity contribution is -0.385. The summed E-state index contributed by atoms with van der Waals surface area (Å²) in [7, 11) is 1.33. The quantitative estimate of drug-likeness (QED) is 0.478. The zero-order valence-electron chi connectivity index (χ0n) is 15.9. The molecule has 29 heavy (non-hydrogen) atoms. The van der Waals surface area contributed by atoms with Gasteiger partial charge in [-0.25, -0.2) is 4.98 Å². The smallest absolute Gasteiger partial charge is 0.311 e. The molecule has 3 rings (SSSR count). The van der Waals surface area contributed by atoms with Crippen molar-refractivity contribution in [2.75, 3.05) is 12.4 Å². The molecule has 148 valence electrons. The molecule has 0 aliphatic heterocycles.